The average molecular weight is 320 g/mol. The fourth-order valence-corrected chi connectivity index (χ4v) is 3.85. The summed E-state index contributed by atoms with van der Waals surface area (Å²) in [4.78, 5) is 0. The van der Waals surface area contributed by atoms with Gasteiger partial charge in [0.15, 0.2) is 0 Å². The van der Waals surface area contributed by atoms with Crippen molar-refractivity contribution in [2.24, 2.45) is 0 Å². The van der Waals surface area contributed by atoms with Gasteiger partial charge in [-0.3, -0.25) is 0 Å². The summed E-state index contributed by atoms with van der Waals surface area (Å²) in [7, 11) is 3.48. The number of hydrogen-bond acceptors (Lipinski definition) is 2. The Bertz CT molecular complexity index is 900. The Morgan fingerprint density at radius 3 is 1.67 bits per heavy atom. The molecule has 0 aliphatic rings. The highest BCUT2D eigenvalue weighted by molar-refractivity contribution is 6.02. The maximum Gasteiger partial charge on any atom is 0.135 e. The van der Waals surface area contributed by atoms with Crippen molar-refractivity contribution >= 4 is 10.8 Å². The molecule has 3 aromatic carbocycles. The van der Waals surface area contributed by atoms with Gasteiger partial charge >= 0.3 is 0 Å². The number of hydrogen-bond donors (Lipinski definition) is 0. The predicted molar refractivity (Wildman–Crippen MR) is 101 cm³/mol. The standard InChI is InChI=1S/C22H24O2/c1-13-11-14(2)19(15(3)12-13)20-16(4)21(23-5)17-9-7-8-10-18(17)22(20)24-6/h7-12H,1-6H3. The van der Waals surface area contributed by atoms with Crippen LogP contribution in [0.15, 0.2) is 36.4 Å². The minimum atomic E-state index is 0.916. The molecule has 124 valence electrons. The lowest BCUT2D eigenvalue weighted by Crippen LogP contribution is -2.00. The molecule has 0 saturated heterocycles. The Morgan fingerprint density at radius 1 is 0.667 bits per heavy atom. The topological polar surface area (TPSA) is 18.5 Å². The maximum absolute atomic E-state index is 5.88. The summed E-state index contributed by atoms with van der Waals surface area (Å²) in [5.74, 6) is 1.83. The van der Waals surface area contributed by atoms with Gasteiger partial charge in [-0.15, -0.1) is 0 Å². The summed E-state index contributed by atoms with van der Waals surface area (Å²) >= 11 is 0. The minimum Gasteiger partial charge on any atom is -0.496 e. The number of benzene rings is 3. The van der Waals surface area contributed by atoms with Crippen molar-refractivity contribution in [2.75, 3.05) is 14.2 Å². The van der Waals surface area contributed by atoms with Crippen molar-refractivity contribution in [1.82, 2.24) is 0 Å². The molecule has 0 aliphatic carbocycles. The van der Waals surface area contributed by atoms with Gasteiger partial charge in [0.25, 0.3) is 0 Å². The van der Waals surface area contributed by atoms with E-state index in [0.29, 0.717) is 0 Å². The average Bonchev–Trinajstić information content (AvgIpc) is 2.54. The van der Waals surface area contributed by atoms with E-state index >= 15 is 0 Å². The highest BCUT2D eigenvalue weighted by atomic mass is 16.5. The molecule has 0 fully saturated rings. The smallest absolute Gasteiger partial charge is 0.135 e. The zero-order valence-corrected chi connectivity index (χ0v) is 15.3. The van der Waals surface area contributed by atoms with Crippen molar-refractivity contribution in [1.29, 1.82) is 0 Å². The molecule has 0 saturated carbocycles. The Hall–Kier alpha value is -2.48. The van der Waals surface area contributed by atoms with Crippen molar-refractivity contribution in [2.45, 2.75) is 27.7 Å². The second-order valence-electron chi connectivity index (χ2n) is 6.39. The molecule has 0 amide bonds. The molecule has 2 heteroatoms. The lowest BCUT2D eigenvalue weighted by atomic mass is 9.88. The van der Waals surface area contributed by atoms with Crippen LogP contribution >= 0.6 is 0 Å². The van der Waals surface area contributed by atoms with Gasteiger partial charge in [0, 0.05) is 21.9 Å². The third kappa shape index (κ3) is 2.43. The van der Waals surface area contributed by atoms with Gasteiger partial charge in [0.05, 0.1) is 14.2 Å². The first-order valence-corrected chi connectivity index (χ1v) is 8.21. The summed E-state index contributed by atoms with van der Waals surface area (Å²) in [6.07, 6.45) is 0. The molecular formula is C22H24O2. The predicted octanol–water partition coefficient (Wildman–Crippen LogP) is 5.76. The summed E-state index contributed by atoms with van der Waals surface area (Å²) in [5, 5.41) is 2.16. The van der Waals surface area contributed by atoms with E-state index in [-0.39, 0.29) is 0 Å². The van der Waals surface area contributed by atoms with E-state index in [1.54, 1.807) is 14.2 Å². The van der Waals surface area contributed by atoms with Crippen LogP contribution < -0.4 is 9.47 Å². The van der Waals surface area contributed by atoms with E-state index < -0.39 is 0 Å². The van der Waals surface area contributed by atoms with Crippen LogP contribution in [0.2, 0.25) is 0 Å². The normalized spacial score (nSPS) is 10.9. The van der Waals surface area contributed by atoms with Crippen LogP contribution in [0.25, 0.3) is 21.9 Å². The van der Waals surface area contributed by atoms with E-state index in [9.17, 15) is 0 Å². The number of methoxy groups -OCH3 is 2. The molecule has 0 heterocycles. The summed E-state index contributed by atoms with van der Waals surface area (Å²) in [6.45, 7) is 8.57. The zero-order chi connectivity index (χ0) is 17.4. The molecule has 0 atom stereocenters. The van der Waals surface area contributed by atoms with Crippen LogP contribution in [0, 0.1) is 27.7 Å². The molecular weight excluding hydrogens is 296 g/mol. The molecule has 0 N–H and O–H groups in total. The third-order valence-corrected chi connectivity index (χ3v) is 4.69. The van der Waals surface area contributed by atoms with Gasteiger partial charge in [-0.2, -0.15) is 0 Å². The van der Waals surface area contributed by atoms with Crippen molar-refractivity contribution < 1.29 is 9.47 Å². The van der Waals surface area contributed by atoms with E-state index in [0.717, 1.165) is 33.4 Å². The van der Waals surface area contributed by atoms with Gasteiger partial charge < -0.3 is 9.47 Å². The van der Waals surface area contributed by atoms with Crippen LogP contribution in [-0.4, -0.2) is 14.2 Å². The number of ether oxygens (including phenoxy) is 2. The minimum absolute atomic E-state index is 0.916. The summed E-state index contributed by atoms with van der Waals surface area (Å²) in [6, 6.07) is 12.7. The van der Waals surface area contributed by atoms with E-state index in [4.69, 9.17) is 9.47 Å². The summed E-state index contributed by atoms with van der Waals surface area (Å²) < 4.78 is 11.6. The van der Waals surface area contributed by atoms with Gasteiger partial charge in [0.2, 0.25) is 0 Å². The molecule has 3 rings (SSSR count). The molecule has 3 aromatic rings. The molecule has 0 unspecified atom stereocenters. The van der Waals surface area contributed by atoms with Crippen LogP contribution in [0.5, 0.6) is 11.5 Å². The van der Waals surface area contributed by atoms with E-state index in [1.165, 1.54) is 22.3 Å². The van der Waals surface area contributed by atoms with Crippen molar-refractivity contribution in [3.8, 4) is 22.6 Å². The molecule has 0 spiro atoms. The largest absolute Gasteiger partial charge is 0.496 e. The van der Waals surface area contributed by atoms with Gasteiger partial charge in [-0.25, -0.2) is 0 Å². The lowest BCUT2D eigenvalue weighted by molar-refractivity contribution is 0.409. The SMILES string of the molecule is COc1c(C)c(-c2c(C)cc(C)cc2C)c(OC)c2ccccc12. The molecule has 0 aromatic heterocycles. The first-order valence-electron chi connectivity index (χ1n) is 8.21. The van der Waals surface area contributed by atoms with Crippen molar-refractivity contribution in [3.05, 3.63) is 58.7 Å². The second kappa shape index (κ2) is 6.20. The van der Waals surface area contributed by atoms with Gasteiger partial charge in [-0.1, -0.05) is 42.0 Å². The fourth-order valence-electron chi connectivity index (χ4n) is 3.85. The Kier molecular flexibility index (Phi) is 4.23. The monoisotopic (exact) mass is 320 g/mol. The molecule has 0 radical (unpaired) electrons. The van der Waals surface area contributed by atoms with Crippen LogP contribution in [0.1, 0.15) is 22.3 Å². The van der Waals surface area contributed by atoms with Crippen LogP contribution in [-0.2, 0) is 0 Å². The number of aryl methyl sites for hydroxylation is 3. The Balaban J connectivity index is 2.51. The number of rotatable bonds is 3. The quantitative estimate of drug-likeness (QED) is 0.611. The van der Waals surface area contributed by atoms with Gasteiger partial charge in [-0.05, 0) is 44.4 Å². The lowest BCUT2D eigenvalue weighted by Gasteiger charge is -2.22. The summed E-state index contributed by atoms with van der Waals surface area (Å²) in [5.41, 5.74) is 7.26. The van der Waals surface area contributed by atoms with Gasteiger partial charge in [0.1, 0.15) is 11.5 Å². The van der Waals surface area contributed by atoms with Crippen molar-refractivity contribution in [3.63, 3.8) is 0 Å². The van der Waals surface area contributed by atoms with E-state index in [1.807, 2.05) is 12.1 Å². The van der Waals surface area contributed by atoms with Crippen LogP contribution in [0.3, 0.4) is 0 Å². The Labute approximate surface area is 144 Å². The molecule has 2 nitrogen and oxygen atoms in total. The molecule has 0 aliphatic heterocycles. The van der Waals surface area contributed by atoms with E-state index in [2.05, 4.69) is 52.0 Å². The maximum atomic E-state index is 5.88. The first kappa shape index (κ1) is 16.4. The zero-order valence-electron chi connectivity index (χ0n) is 15.3. The second-order valence-corrected chi connectivity index (χ2v) is 6.39. The fraction of sp³-hybridized carbons (Fsp3) is 0.273. The Morgan fingerprint density at radius 2 is 1.17 bits per heavy atom. The first-order chi connectivity index (χ1) is 11.5. The molecule has 24 heavy (non-hydrogen) atoms. The van der Waals surface area contributed by atoms with Crippen LogP contribution in [0.4, 0.5) is 0 Å². The number of fused-ring (bicyclic) bond motifs is 1. The highest BCUT2D eigenvalue weighted by Crippen LogP contribution is 2.47. The third-order valence-electron chi connectivity index (χ3n) is 4.69. The molecule has 0 bridgehead atoms. The highest BCUT2D eigenvalue weighted by Gasteiger charge is 2.21.